The molecule has 2 fully saturated rings. The Morgan fingerprint density at radius 2 is 1.86 bits per heavy atom. The molecule has 1 aromatic carbocycles. The summed E-state index contributed by atoms with van der Waals surface area (Å²) in [6.07, 6.45) is 11.9. The van der Waals surface area contributed by atoms with Crippen LogP contribution in [0.3, 0.4) is 0 Å². The van der Waals surface area contributed by atoms with Crippen molar-refractivity contribution in [2.75, 3.05) is 0 Å². The first kappa shape index (κ1) is 17.8. The number of pyridine rings is 2. The van der Waals surface area contributed by atoms with Crippen LogP contribution in [0, 0.1) is 11.3 Å². The summed E-state index contributed by atoms with van der Waals surface area (Å²) in [6, 6.07) is 11.8. The highest BCUT2D eigenvalue weighted by Gasteiger charge is 2.57. The van der Waals surface area contributed by atoms with E-state index in [2.05, 4.69) is 16.0 Å². The number of rotatable bonds is 4. The topological polar surface area (TPSA) is 42.9 Å². The average Bonchev–Trinajstić information content (AvgIpc) is 3.43. The van der Waals surface area contributed by atoms with Crippen molar-refractivity contribution in [3.8, 4) is 0 Å². The van der Waals surface area contributed by atoms with E-state index in [1.807, 2.05) is 42.7 Å². The molecule has 3 aromatic rings. The van der Waals surface area contributed by atoms with Gasteiger partial charge in [-0.1, -0.05) is 23.7 Å². The fourth-order valence-corrected chi connectivity index (χ4v) is 5.28. The molecule has 0 radical (unpaired) electrons. The van der Waals surface area contributed by atoms with Crippen LogP contribution in [0.2, 0.25) is 5.02 Å². The number of hydrogen-bond donors (Lipinski definition) is 0. The van der Waals surface area contributed by atoms with E-state index in [1.165, 1.54) is 10.9 Å². The molecule has 2 heterocycles. The predicted molar refractivity (Wildman–Crippen MR) is 111 cm³/mol. The summed E-state index contributed by atoms with van der Waals surface area (Å²) in [5.74, 6) is 1.20. The van der Waals surface area contributed by atoms with Crippen molar-refractivity contribution in [1.29, 1.82) is 0 Å². The molecule has 1 atom stereocenters. The van der Waals surface area contributed by atoms with Gasteiger partial charge in [-0.05, 0) is 78.8 Å². The molecular weight excluding hydrogens is 368 g/mol. The van der Waals surface area contributed by atoms with Gasteiger partial charge in [-0.15, -0.1) is 0 Å². The minimum atomic E-state index is 0.250. The maximum absolute atomic E-state index is 12.8. The molecule has 4 heteroatoms. The Hall–Kier alpha value is -2.26. The Morgan fingerprint density at radius 3 is 2.64 bits per heavy atom. The molecule has 1 spiro atoms. The molecule has 2 aromatic heterocycles. The quantitative estimate of drug-likeness (QED) is 0.568. The lowest BCUT2D eigenvalue weighted by Gasteiger charge is -2.30. The molecule has 2 saturated carbocycles. The summed E-state index contributed by atoms with van der Waals surface area (Å²) in [5, 5.41) is 1.90. The zero-order valence-electron chi connectivity index (χ0n) is 15.8. The van der Waals surface area contributed by atoms with E-state index in [4.69, 9.17) is 11.6 Å². The number of aromatic nitrogens is 2. The standard InChI is InChI=1S/C24H23ClN2O/c25-18-3-1-16(2-4-18)13-23(28)21-14-24(21)9-5-17(6-10-24)19-7-12-27-22-8-11-26-15-20(19)22/h1-4,7-8,11-12,15,17,21H,5-6,9-10,13-14H2/t17?,21-,24?/m1/s1. The van der Waals surface area contributed by atoms with Crippen molar-refractivity contribution < 1.29 is 4.79 Å². The van der Waals surface area contributed by atoms with Crippen LogP contribution in [0.4, 0.5) is 0 Å². The molecule has 3 nitrogen and oxygen atoms in total. The number of ketones is 1. The first-order valence-corrected chi connectivity index (χ1v) is 10.5. The average molecular weight is 391 g/mol. The Labute approximate surface area is 170 Å². The highest BCUT2D eigenvalue weighted by atomic mass is 35.5. The second kappa shape index (κ2) is 6.97. The Balaban J connectivity index is 1.25. The van der Waals surface area contributed by atoms with E-state index < -0.39 is 0 Å². The van der Waals surface area contributed by atoms with Gasteiger partial charge in [0.05, 0.1) is 5.52 Å². The lowest BCUT2D eigenvalue weighted by atomic mass is 9.75. The van der Waals surface area contributed by atoms with Gasteiger partial charge in [-0.2, -0.15) is 0 Å². The number of halogens is 1. The van der Waals surface area contributed by atoms with Crippen molar-refractivity contribution >= 4 is 28.3 Å². The van der Waals surface area contributed by atoms with Crippen LogP contribution in [0.15, 0.2) is 55.0 Å². The molecular formula is C24H23ClN2O. The number of carbonyl (C=O) groups excluding carboxylic acids is 1. The number of Topliss-reactive ketones (excluding diaryl/α,β-unsaturated/α-hetero) is 1. The summed E-state index contributed by atoms with van der Waals surface area (Å²) in [6.45, 7) is 0. The van der Waals surface area contributed by atoms with Gasteiger partial charge in [-0.25, -0.2) is 0 Å². The van der Waals surface area contributed by atoms with Gasteiger partial charge in [0.2, 0.25) is 0 Å². The molecule has 0 unspecified atom stereocenters. The first-order valence-electron chi connectivity index (χ1n) is 10.1. The Kier molecular flexibility index (Phi) is 4.43. The largest absolute Gasteiger partial charge is 0.299 e. The molecule has 0 N–H and O–H groups in total. The summed E-state index contributed by atoms with van der Waals surface area (Å²) in [5.41, 5.74) is 3.73. The van der Waals surface area contributed by atoms with Gasteiger partial charge in [-0.3, -0.25) is 14.8 Å². The van der Waals surface area contributed by atoms with E-state index >= 15 is 0 Å². The fourth-order valence-electron chi connectivity index (χ4n) is 5.15. The normalized spacial score (nSPS) is 26.5. The number of hydrogen-bond acceptors (Lipinski definition) is 3. The summed E-state index contributed by atoms with van der Waals surface area (Å²) < 4.78 is 0. The van der Waals surface area contributed by atoms with Gasteiger partial charge >= 0.3 is 0 Å². The SMILES string of the molecule is O=C(Cc1ccc(Cl)cc1)[C@H]1CC12CCC(c1ccnc3ccncc13)CC2. The maximum Gasteiger partial charge on any atom is 0.140 e. The van der Waals surface area contributed by atoms with Gasteiger partial charge in [0.1, 0.15) is 5.78 Å². The lowest BCUT2D eigenvalue weighted by molar-refractivity contribution is -0.120. The number of carbonyl (C=O) groups is 1. The molecule has 2 aliphatic carbocycles. The van der Waals surface area contributed by atoms with Crippen molar-refractivity contribution in [1.82, 2.24) is 9.97 Å². The van der Waals surface area contributed by atoms with Crippen LogP contribution in [-0.2, 0) is 11.2 Å². The maximum atomic E-state index is 12.8. The van der Waals surface area contributed by atoms with Crippen molar-refractivity contribution in [3.63, 3.8) is 0 Å². The molecule has 0 saturated heterocycles. The van der Waals surface area contributed by atoms with E-state index in [9.17, 15) is 4.79 Å². The van der Waals surface area contributed by atoms with Crippen molar-refractivity contribution in [2.45, 2.75) is 44.4 Å². The van der Waals surface area contributed by atoms with E-state index in [0.29, 0.717) is 18.1 Å². The Bertz CT molecular complexity index is 1020. The Morgan fingerprint density at radius 1 is 1.07 bits per heavy atom. The van der Waals surface area contributed by atoms with Gasteiger partial charge in [0, 0.05) is 41.3 Å². The summed E-state index contributed by atoms with van der Waals surface area (Å²) >= 11 is 5.95. The third kappa shape index (κ3) is 3.22. The zero-order chi connectivity index (χ0) is 19.1. The minimum Gasteiger partial charge on any atom is -0.299 e. The molecule has 5 rings (SSSR count). The summed E-state index contributed by atoms with van der Waals surface area (Å²) in [4.78, 5) is 21.6. The number of fused-ring (bicyclic) bond motifs is 1. The second-order valence-corrected chi connectivity index (χ2v) is 8.89. The number of benzene rings is 1. The fraction of sp³-hybridized carbons (Fsp3) is 0.375. The van der Waals surface area contributed by atoms with Crippen LogP contribution in [0.25, 0.3) is 10.9 Å². The molecule has 2 aliphatic rings. The molecule has 0 amide bonds. The van der Waals surface area contributed by atoms with Crippen LogP contribution < -0.4 is 0 Å². The zero-order valence-corrected chi connectivity index (χ0v) is 16.5. The van der Waals surface area contributed by atoms with Crippen LogP contribution >= 0.6 is 11.6 Å². The predicted octanol–water partition coefficient (Wildman–Crippen LogP) is 5.76. The molecule has 0 bridgehead atoms. The molecule has 142 valence electrons. The highest BCUT2D eigenvalue weighted by Crippen LogP contribution is 2.63. The van der Waals surface area contributed by atoms with Gasteiger partial charge in [0.15, 0.2) is 0 Å². The van der Waals surface area contributed by atoms with Gasteiger partial charge < -0.3 is 0 Å². The van der Waals surface area contributed by atoms with Crippen LogP contribution in [-0.4, -0.2) is 15.8 Å². The van der Waals surface area contributed by atoms with Crippen molar-refractivity contribution in [3.05, 3.63) is 71.1 Å². The van der Waals surface area contributed by atoms with Gasteiger partial charge in [0.25, 0.3) is 0 Å². The van der Waals surface area contributed by atoms with E-state index in [-0.39, 0.29) is 11.3 Å². The van der Waals surface area contributed by atoms with Crippen molar-refractivity contribution in [2.24, 2.45) is 11.3 Å². The smallest absolute Gasteiger partial charge is 0.140 e. The van der Waals surface area contributed by atoms with E-state index in [0.717, 1.165) is 48.2 Å². The monoisotopic (exact) mass is 390 g/mol. The number of nitrogens with zero attached hydrogens (tertiary/aromatic N) is 2. The minimum absolute atomic E-state index is 0.250. The second-order valence-electron chi connectivity index (χ2n) is 8.46. The van der Waals surface area contributed by atoms with E-state index in [1.54, 1.807) is 6.20 Å². The third-order valence-corrected chi connectivity index (χ3v) is 7.12. The third-order valence-electron chi connectivity index (χ3n) is 6.87. The molecule has 28 heavy (non-hydrogen) atoms. The molecule has 0 aliphatic heterocycles. The van der Waals surface area contributed by atoms with Crippen LogP contribution in [0.5, 0.6) is 0 Å². The first-order chi connectivity index (χ1) is 13.6. The van der Waals surface area contributed by atoms with Crippen LogP contribution in [0.1, 0.15) is 49.1 Å². The highest BCUT2D eigenvalue weighted by molar-refractivity contribution is 6.30. The lowest BCUT2D eigenvalue weighted by Crippen LogP contribution is -2.20. The summed E-state index contributed by atoms with van der Waals surface area (Å²) in [7, 11) is 0.